The molecular weight excluding hydrogens is 384 g/mol. The highest BCUT2D eigenvalue weighted by atomic mass is 35.5. The first kappa shape index (κ1) is 20.0. The Morgan fingerprint density at radius 1 is 1.37 bits per heavy atom. The molecule has 146 valence electrons. The Morgan fingerprint density at radius 2 is 2.15 bits per heavy atom. The molecule has 0 bridgehead atoms. The Kier molecular flexibility index (Phi) is 7.01. The molecule has 0 aliphatic heterocycles. The number of aromatic nitrogens is 3. The third-order valence-electron chi connectivity index (χ3n) is 4.88. The van der Waals surface area contributed by atoms with Gasteiger partial charge in [-0.15, -0.1) is 5.10 Å². The van der Waals surface area contributed by atoms with E-state index in [1.54, 1.807) is 25.3 Å². The van der Waals surface area contributed by atoms with Gasteiger partial charge in [-0.3, -0.25) is 9.89 Å². The van der Waals surface area contributed by atoms with Crippen LogP contribution in [0.1, 0.15) is 39.0 Å². The van der Waals surface area contributed by atoms with Crippen LogP contribution in [0, 0.1) is 0 Å². The van der Waals surface area contributed by atoms with Crippen LogP contribution in [0.5, 0.6) is 5.75 Å². The van der Waals surface area contributed by atoms with Gasteiger partial charge in [0.05, 0.1) is 18.4 Å². The lowest BCUT2D eigenvalue weighted by Gasteiger charge is -2.33. The number of hydrogen-bond acceptors (Lipinski definition) is 5. The van der Waals surface area contributed by atoms with Crippen LogP contribution in [-0.2, 0) is 4.79 Å². The molecule has 2 aromatic rings. The molecule has 1 fully saturated rings. The predicted molar refractivity (Wildman–Crippen MR) is 108 cm³/mol. The molecule has 1 aromatic carbocycles. The SMILES string of the molecule is CCN(C(=O)CSc1n[nH]c(-c2cc(Cl)ccc2OC)n1)C1CCCCC1. The number of nitrogens with zero attached hydrogens (tertiary/aromatic N) is 3. The summed E-state index contributed by atoms with van der Waals surface area (Å²) in [6, 6.07) is 5.72. The van der Waals surface area contributed by atoms with Crippen molar-refractivity contribution < 1.29 is 9.53 Å². The number of benzene rings is 1. The fourth-order valence-electron chi connectivity index (χ4n) is 3.54. The molecular formula is C19H25ClN4O2S. The van der Waals surface area contributed by atoms with Crippen molar-refractivity contribution in [3.63, 3.8) is 0 Å². The largest absolute Gasteiger partial charge is 0.496 e. The molecule has 6 nitrogen and oxygen atoms in total. The van der Waals surface area contributed by atoms with Crippen LogP contribution in [0.4, 0.5) is 0 Å². The molecule has 8 heteroatoms. The molecule has 1 amide bonds. The first-order chi connectivity index (χ1) is 13.1. The Hall–Kier alpha value is -1.73. The van der Waals surface area contributed by atoms with Crippen LogP contribution in [0.15, 0.2) is 23.4 Å². The van der Waals surface area contributed by atoms with Gasteiger partial charge < -0.3 is 9.64 Å². The van der Waals surface area contributed by atoms with Gasteiger partial charge in [-0.2, -0.15) is 0 Å². The van der Waals surface area contributed by atoms with Crippen LogP contribution in [0.2, 0.25) is 5.02 Å². The van der Waals surface area contributed by atoms with Gasteiger partial charge in [0.25, 0.3) is 0 Å². The summed E-state index contributed by atoms with van der Waals surface area (Å²) in [5.74, 6) is 1.73. The van der Waals surface area contributed by atoms with Gasteiger partial charge >= 0.3 is 0 Å². The van der Waals surface area contributed by atoms with Gasteiger partial charge in [0.1, 0.15) is 5.75 Å². The summed E-state index contributed by atoms with van der Waals surface area (Å²) in [5, 5.41) is 8.27. The number of nitrogens with one attached hydrogen (secondary N) is 1. The van der Waals surface area contributed by atoms with Crippen LogP contribution in [0.25, 0.3) is 11.4 Å². The quantitative estimate of drug-likeness (QED) is 0.687. The number of ether oxygens (including phenoxy) is 1. The van der Waals surface area contributed by atoms with Crippen molar-refractivity contribution in [2.75, 3.05) is 19.4 Å². The zero-order chi connectivity index (χ0) is 19.2. The summed E-state index contributed by atoms with van der Waals surface area (Å²) in [5.41, 5.74) is 0.744. The summed E-state index contributed by atoms with van der Waals surface area (Å²) in [6.45, 7) is 2.80. The summed E-state index contributed by atoms with van der Waals surface area (Å²) in [7, 11) is 1.60. The zero-order valence-electron chi connectivity index (χ0n) is 15.7. The zero-order valence-corrected chi connectivity index (χ0v) is 17.3. The molecule has 0 atom stereocenters. The summed E-state index contributed by atoms with van der Waals surface area (Å²) < 4.78 is 5.36. The molecule has 0 radical (unpaired) electrons. The van der Waals surface area contributed by atoms with Crippen molar-refractivity contribution >= 4 is 29.3 Å². The van der Waals surface area contributed by atoms with E-state index in [2.05, 4.69) is 15.2 Å². The maximum absolute atomic E-state index is 12.7. The molecule has 1 aliphatic carbocycles. The van der Waals surface area contributed by atoms with Crippen LogP contribution < -0.4 is 4.74 Å². The molecule has 1 saturated carbocycles. The normalized spacial score (nSPS) is 14.9. The maximum atomic E-state index is 12.7. The highest BCUT2D eigenvalue weighted by molar-refractivity contribution is 7.99. The first-order valence-corrected chi connectivity index (χ1v) is 10.7. The number of carbonyl (C=O) groups excluding carboxylic acids is 1. The number of H-pyrrole nitrogens is 1. The van der Waals surface area contributed by atoms with E-state index in [1.807, 2.05) is 11.8 Å². The Labute approximate surface area is 169 Å². The molecule has 0 spiro atoms. The molecule has 0 unspecified atom stereocenters. The first-order valence-electron chi connectivity index (χ1n) is 9.31. The van der Waals surface area contributed by atoms with E-state index in [0.29, 0.717) is 33.5 Å². The second-order valence-corrected chi connectivity index (χ2v) is 7.95. The molecule has 27 heavy (non-hydrogen) atoms. The lowest BCUT2D eigenvalue weighted by molar-refractivity contribution is -0.131. The van der Waals surface area contributed by atoms with E-state index in [9.17, 15) is 4.79 Å². The number of aromatic amines is 1. The van der Waals surface area contributed by atoms with E-state index in [1.165, 1.54) is 31.0 Å². The average molecular weight is 409 g/mol. The Morgan fingerprint density at radius 3 is 2.85 bits per heavy atom. The van der Waals surface area contributed by atoms with Crippen molar-refractivity contribution in [1.82, 2.24) is 20.1 Å². The van der Waals surface area contributed by atoms with Gasteiger partial charge in [0, 0.05) is 17.6 Å². The highest BCUT2D eigenvalue weighted by Crippen LogP contribution is 2.31. The minimum Gasteiger partial charge on any atom is -0.496 e. The van der Waals surface area contributed by atoms with Crippen LogP contribution in [-0.4, -0.2) is 51.4 Å². The number of carbonyl (C=O) groups is 1. The van der Waals surface area contributed by atoms with Gasteiger partial charge in [0.2, 0.25) is 11.1 Å². The van der Waals surface area contributed by atoms with Crippen molar-refractivity contribution in [1.29, 1.82) is 0 Å². The molecule has 0 saturated heterocycles. The summed E-state index contributed by atoms with van der Waals surface area (Å²) in [4.78, 5) is 19.2. The van der Waals surface area contributed by atoms with Gasteiger partial charge in [-0.1, -0.05) is 42.6 Å². The second-order valence-electron chi connectivity index (χ2n) is 6.57. The van der Waals surface area contributed by atoms with E-state index in [-0.39, 0.29) is 5.91 Å². The van der Waals surface area contributed by atoms with Gasteiger partial charge in [0.15, 0.2) is 5.82 Å². The van der Waals surface area contributed by atoms with E-state index in [4.69, 9.17) is 16.3 Å². The topological polar surface area (TPSA) is 71.1 Å². The summed E-state index contributed by atoms with van der Waals surface area (Å²) >= 11 is 7.44. The smallest absolute Gasteiger partial charge is 0.233 e. The molecule has 1 heterocycles. The van der Waals surface area contributed by atoms with Crippen molar-refractivity contribution in [3.8, 4) is 17.1 Å². The van der Waals surface area contributed by atoms with Crippen molar-refractivity contribution in [2.45, 2.75) is 50.2 Å². The molecule has 3 rings (SSSR count). The van der Waals surface area contributed by atoms with E-state index < -0.39 is 0 Å². The third kappa shape index (κ3) is 4.96. The maximum Gasteiger partial charge on any atom is 0.233 e. The third-order valence-corrected chi connectivity index (χ3v) is 5.95. The molecule has 1 N–H and O–H groups in total. The average Bonchev–Trinajstić information content (AvgIpc) is 3.17. The number of hydrogen-bond donors (Lipinski definition) is 1. The Balaban J connectivity index is 1.64. The fourth-order valence-corrected chi connectivity index (χ4v) is 4.39. The number of rotatable bonds is 7. The monoisotopic (exact) mass is 408 g/mol. The number of methoxy groups -OCH3 is 1. The number of halogens is 1. The predicted octanol–water partition coefficient (Wildman–Crippen LogP) is 4.41. The minimum atomic E-state index is 0.154. The fraction of sp³-hybridized carbons (Fsp3) is 0.526. The number of amides is 1. The minimum absolute atomic E-state index is 0.154. The van der Waals surface area contributed by atoms with E-state index in [0.717, 1.165) is 24.9 Å². The Bertz CT molecular complexity index is 777. The summed E-state index contributed by atoms with van der Waals surface area (Å²) in [6.07, 6.45) is 5.94. The second kappa shape index (κ2) is 9.46. The van der Waals surface area contributed by atoms with Crippen LogP contribution in [0.3, 0.4) is 0 Å². The van der Waals surface area contributed by atoms with E-state index >= 15 is 0 Å². The van der Waals surface area contributed by atoms with Crippen LogP contribution >= 0.6 is 23.4 Å². The molecule has 1 aliphatic rings. The lowest BCUT2D eigenvalue weighted by atomic mass is 9.94. The van der Waals surface area contributed by atoms with Crippen molar-refractivity contribution in [3.05, 3.63) is 23.2 Å². The van der Waals surface area contributed by atoms with Gasteiger partial charge in [-0.05, 0) is 38.0 Å². The van der Waals surface area contributed by atoms with Crippen molar-refractivity contribution in [2.24, 2.45) is 0 Å². The molecule has 1 aromatic heterocycles. The lowest BCUT2D eigenvalue weighted by Crippen LogP contribution is -2.42. The van der Waals surface area contributed by atoms with Gasteiger partial charge in [-0.25, -0.2) is 4.98 Å². The number of thioether (sulfide) groups is 1. The highest BCUT2D eigenvalue weighted by Gasteiger charge is 2.24. The standard InChI is InChI=1S/C19H25ClN4O2S/c1-3-24(14-7-5-4-6-8-14)17(25)12-27-19-21-18(22-23-19)15-11-13(20)9-10-16(15)26-2/h9-11,14H,3-8,12H2,1-2H3,(H,21,22,23).